The van der Waals surface area contributed by atoms with Gasteiger partial charge in [-0.3, -0.25) is 4.90 Å². The molecule has 3 atom stereocenters. The lowest BCUT2D eigenvalue weighted by atomic mass is 9.86. The highest BCUT2D eigenvalue weighted by atomic mass is 15.2. The van der Waals surface area contributed by atoms with E-state index in [1.54, 1.807) is 0 Å². The Morgan fingerprint density at radius 2 is 1.94 bits per heavy atom. The Morgan fingerprint density at radius 3 is 2.44 bits per heavy atom. The normalized spacial score (nSPS) is 28.8. The minimum atomic E-state index is 0.448. The lowest BCUT2D eigenvalue weighted by Gasteiger charge is -2.38. The third-order valence-corrected chi connectivity index (χ3v) is 4.85. The van der Waals surface area contributed by atoms with Crippen molar-refractivity contribution in [2.45, 2.75) is 72.9 Å². The summed E-state index contributed by atoms with van der Waals surface area (Å²) >= 11 is 0. The molecule has 0 bridgehead atoms. The molecule has 0 radical (unpaired) electrons. The van der Waals surface area contributed by atoms with Gasteiger partial charge in [0.05, 0.1) is 0 Å². The fourth-order valence-corrected chi connectivity index (χ4v) is 3.42. The van der Waals surface area contributed by atoms with Gasteiger partial charge in [-0.15, -0.1) is 0 Å². The van der Waals surface area contributed by atoms with Crippen LogP contribution >= 0.6 is 0 Å². The van der Waals surface area contributed by atoms with Crippen LogP contribution in [0, 0.1) is 11.3 Å². The quantitative estimate of drug-likeness (QED) is 0.748. The van der Waals surface area contributed by atoms with E-state index in [1.165, 1.54) is 32.4 Å². The fraction of sp³-hybridized carbons (Fsp3) is 1.00. The molecule has 1 aliphatic carbocycles. The predicted molar refractivity (Wildman–Crippen MR) is 81.0 cm³/mol. The second-order valence-electron chi connectivity index (χ2n) is 6.73. The van der Waals surface area contributed by atoms with Gasteiger partial charge in [0.15, 0.2) is 0 Å². The Hall–Kier alpha value is -0.0800. The van der Waals surface area contributed by atoms with E-state index in [2.05, 4.69) is 51.8 Å². The molecule has 1 fully saturated rings. The molecule has 3 unspecified atom stereocenters. The Labute approximate surface area is 115 Å². The second-order valence-corrected chi connectivity index (χ2v) is 6.73. The molecule has 1 aliphatic rings. The van der Waals surface area contributed by atoms with Gasteiger partial charge in [0.2, 0.25) is 0 Å². The lowest BCUT2D eigenvalue weighted by molar-refractivity contribution is 0.133. The van der Waals surface area contributed by atoms with Gasteiger partial charge in [-0.1, -0.05) is 48.0 Å². The Morgan fingerprint density at radius 1 is 1.28 bits per heavy atom. The van der Waals surface area contributed by atoms with E-state index < -0.39 is 0 Å². The van der Waals surface area contributed by atoms with Crippen LogP contribution in [0.4, 0.5) is 0 Å². The maximum atomic E-state index is 3.75. The summed E-state index contributed by atoms with van der Waals surface area (Å²) in [5.74, 6) is 0.816. The highest BCUT2D eigenvalue weighted by Gasteiger charge is 2.43. The van der Waals surface area contributed by atoms with Crippen LogP contribution in [0.5, 0.6) is 0 Å². The smallest absolute Gasteiger partial charge is 0.0274 e. The van der Waals surface area contributed by atoms with Gasteiger partial charge in [-0.25, -0.2) is 0 Å². The van der Waals surface area contributed by atoms with Crippen molar-refractivity contribution in [2.75, 3.05) is 19.6 Å². The summed E-state index contributed by atoms with van der Waals surface area (Å²) in [6, 6.07) is 1.39. The van der Waals surface area contributed by atoms with Crippen molar-refractivity contribution in [2.24, 2.45) is 11.3 Å². The average molecular weight is 254 g/mol. The number of hydrogen-bond acceptors (Lipinski definition) is 2. The molecule has 2 nitrogen and oxygen atoms in total. The van der Waals surface area contributed by atoms with Crippen LogP contribution in [-0.4, -0.2) is 36.6 Å². The summed E-state index contributed by atoms with van der Waals surface area (Å²) in [6.45, 7) is 17.6. The van der Waals surface area contributed by atoms with E-state index in [0.29, 0.717) is 11.5 Å². The largest absolute Gasteiger partial charge is 0.312 e. The first-order valence-electron chi connectivity index (χ1n) is 7.93. The monoisotopic (exact) mass is 254 g/mol. The first-order chi connectivity index (χ1) is 8.46. The van der Waals surface area contributed by atoms with E-state index in [9.17, 15) is 0 Å². The summed E-state index contributed by atoms with van der Waals surface area (Å²) < 4.78 is 0. The molecule has 0 aromatic heterocycles. The molecule has 1 saturated carbocycles. The third-order valence-electron chi connectivity index (χ3n) is 4.85. The molecule has 0 amide bonds. The summed E-state index contributed by atoms with van der Waals surface area (Å²) in [4.78, 5) is 2.72. The molecule has 0 aliphatic heterocycles. The zero-order chi connectivity index (χ0) is 13.8. The summed E-state index contributed by atoms with van der Waals surface area (Å²) in [6.07, 6.45) is 4.00. The Bertz CT molecular complexity index is 237. The van der Waals surface area contributed by atoms with E-state index in [4.69, 9.17) is 0 Å². The molecule has 0 aromatic carbocycles. The molecule has 2 heteroatoms. The first kappa shape index (κ1) is 16.0. The van der Waals surface area contributed by atoms with Crippen molar-refractivity contribution in [1.82, 2.24) is 10.2 Å². The topological polar surface area (TPSA) is 15.3 Å². The van der Waals surface area contributed by atoms with Gasteiger partial charge in [0, 0.05) is 18.6 Å². The summed E-state index contributed by atoms with van der Waals surface area (Å²) in [7, 11) is 0. The van der Waals surface area contributed by atoms with Gasteiger partial charge in [-0.2, -0.15) is 0 Å². The number of nitrogens with one attached hydrogen (secondary N) is 1. The van der Waals surface area contributed by atoms with Gasteiger partial charge in [-0.05, 0) is 37.3 Å². The number of likely N-dealkylation sites (N-methyl/N-ethyl adjacent to an activating group) is 2. The molecule has 0 heterocycles. The van der Waals surface area contributed by atoms with Crippen LogP contribution in [0.15, 0.2) is 0 Å². The van der Waals surface area contributed by atoms with E-state index in [0.717, 1.165) is 18.5 Å². The van der Waals surface area contributed by atoms with E-state index in [-0.39, 0.29) is 0 Å². The van der Waals surface area contributed by atoms with Crippen LogP contribution < -0.4 is 5.32 Å². The van der Waals surface area contributed by atoms with Gasteiger partial charge in [0.1, 0.15) is 0 Å². The van der Waals surface area contributed by atoms with Crippen molar-refractivity contribution in [3.8, 4) is 0 Å². The highest BCUT2D eigenvalue weighted by Crippen LogP contribution is 2.40. The molecular formula is C16H34N2. The first-order valence-corrected chi connectivity index (χ1v) is 7.93. The predicted octanol–water partition coefficient (Wildman–Crippen LogP) is 3.52. The zero-order valence-corrected chi connectivity index (χ0v) is 13.4. The van der Waals surface area contributed by atoms with Crippen LogP contribution in [0.2, 0.25) is 0 Å². The van der Waals surface area contributed by atoms with Crippen LogP contribution in [0.25, 0.3) is 0 Å². The van der Waals surface area contributed by atoms with Crippen molar-refractivity contribution >= 4 is 0 Å². The van der Waals surface area contributed by atoms with E-state index >= 15 is 0 Å². The summed E-state index contributed by atoms with van der Waals surface area (Å²) in [5.41, 5.74) is 0.448. The van der Waals surface area contributed by atoms with Crippen molar-refractivity contribution in [1.29, 1.82) is 0 Å². The van der Waals surface area contributed by atoms with Crippen molar-refractivity contribution in [3.63, 3.8) is 0 Å². The zero-order valence-electron chi connectivity index (χ0n) is 13.4. The van der Waals surface area contributed by atoms with Crippen molar-refractivity contribution < 1.29 is 0 Å². The minimum Gasteiger partial charge on any atom is -0.312 e. The summed E-state index contributed by atoms with van der Waals surface area (Å²) in [5, 5.41) is 3.75. The molecule has 108 valence electrons. The highest BCUT2D eigenvalue weighted by molar-refractivity contribution is 5.00. The minimum absolute atomic E-state index is 0.448. The van der Waals surface area contributed by atoms with Crippen molar-refractivity contribution in [3.05, 3.63) is 0 Å². The number of hydrogen-bond donors (Lipinski definition) is 1. The number of rotatable bonds is 7. The molecule has 0 saturated heterocycles. The molecule has 1 rings (SSSR count). The van der Waals surface area contributed by atoms with Gasteiger partial charge < -0.3 is 5.32 Å². The molecule has 0 aromatic rings. The fourth-order valence-electron chi connectivity index (χ4n) is 3.42. The molecule has 18 heavy (non-hydrogen) atoms. The van der Waals surface area contributed by atoms with Crippen LogP contribution in [0.1, 0.15) is 60.8 Å². The molecule has 1 N–H and O–H groups in total. The van der Waals surface area contributed by atoms with Crippen LogP contribution in [-0.2, 0) is 0 Å². The third kappa shape index (κ3) is 3.71. The van der Waals surface area contributed by atoms with E-state index in [1.807, 2.05) is 0 Å². The lowest BCUT2D eigenvalue weighted by Crippen LogP contribution is -2.52. The van der Waals surface area contributed by atoms with Gasteiger partial charge >= 0.3 is 0 Å². The maximum Gasteiger partial charge on any atom is 0.0274 e. The SMILES string of the molecule is CCNC1C(N(CC)CC(C)CC)CCC1(C)C. The standard InChI is InChI=1S/C16H34N2/c1-7-13(4)12-18(9-3)14-10-11-16(5,6)15(14)17-8-2/h13-15,17H,7-12H2,1-6H3. The van der Waals surface area contributed by atoms with Gasteiger partial charge in [0.25, 0.3) is 0 Å². The second kappa shape index (κ2) is 6.91. The Balaban J connectivity index is 2.72. The Kier molecular flexibility index (Phi) is 6.13. The average Bonchev–Trinajstić information content (AvgIpc) is 2.63. The maximum absolute atomic E-state index is 3.75. The molecular weight excluding hydrogens is 220 g/mol. The molecule has 0 spiro atoms. The number of nitrogens with zero attached hydrogens (tertiary/aromatic N) is 1. The van der Waals surface area contributed by atoms with Crippen LogP contribution in [0.3, 0.4) is 0 Å².